The molecular weight excluding hydrogens is 392 g/mol. The van der Waals surface area contributed by atoms with Crippen molar-refractivity contribution in [2.45, 2.75) is 19.4 Å². The molecule has 0 radical (unpaired) electrons. The highest BCUT2D eigenvalue weighted by molar-refractivity contribution is 6.43. The summed E-state index contributed by atoms with van der Waals surface area (Å²) in [5.74, 6) is 5.60. The Kier molecular flexibility index (Phi) is 5.55. The van der Waals surface area contributed by atoms with Crippen molar-refractivity contribution in [3.63, 3.8) is 0 Å². The maximum Gasteiger partial charge on any atom is 0.256 e. The van der Waals surface area contributed by atoms with Crippen LogP contribution >= 0.6 is 23.2 Å². The highest BCUT2D eigenvalue weighted by Crippen LogP contribution is 2.30. The summed E-state index contributed by atoms with van der Waals surface area (Å²) in [6.45, 7) is 2.02. The van der Waals surface area contributed by atoms with Crippen LogP contribution in [0.25, 0.3) is 0 Å². The molecule has 1 atom stereocenters. The van der Waals surface area contributed by atoms with Gasteiger partial charge in [0.05, 0.1) is 27.9 Å². The second-order valence-corrected chi connectivity index (χ2v) is 7.05. The smallest absolute Gasteiger partial charge is 0.256 e. The molecule has 0 spiro atoms. The molecule has 0 saturated carbocycles. The summed E-state index contributed by atoms with van der Waals surface area (Å²) in [6, 6.07) is 7.13. The molecule has 0 unspecified atom stereocenters. The van der Waals surface area contributed by atoms with Crippen molar-refractivity contribution in [1.82, 2.24) is 9.88 Å². The highest BCUT2D eigenvalue weighted by Gasteiger charge is 2.31. The van der Waals surface area contributed by atoms with Crippen LogP contribution < -0.4 is 16.6 Å². The van der Waals surface area contributed by atoms with Gasteiger partial charge in [0.25, 0.3) is 5.91 Å². The fourth-order valence-corrected chi connectivity index (χ4v) is 3.35. The molecule has 2 aromatic rings. The molecule has 0 bridgehead atoms. The zero-order valence-electron chi connectivity index (χ0n) is 14.5. The number of nitrogens with zero attached hydrogens (tertiary/aromatic N) is 3. The van der Waals surface area contributed by atoms with Crippen LogP contribution in [0.15, 0.2) is 47.9 Å². The Morgan fingerprint density at radius 1 is 1.37 bits per heavy atom. The van der Waals surface area contributed by atoms with Gasteiger partial charge in [0.15, 0.2) is 0 Å². The molecule has 1 aromatic heterocycles. The summed E-state index contributed by atoms with van der Waals surface area (Å²) in [4.78, 5) is 18.6. The second-order valence-electron chi connectivity index (χ2n) is 6.26. The van der Waals surface area contributed by atoms with Gasteiger partial charge in [-0.05, 0) is 25.1 Å². The van der Waals surface area contributed by atoms with Crippen molar-refractivity contribution in [3.05, 3.63) is 69.3 Å². The minimum atomic E-state index is -0.453. The van der Waals surface area contributed by atoms with Crippen molar-refractivity contribution in [1.29, 1.82) is 0 Å². The van der Waals surface area contributed by atoms with E-state index in [0.29, 0.717) is 28.4 Å². The molecule has 1 aromatic carbocycles. The maximum absolute atomic E-state index is 13.4. The number of amides is 1. The summed E-state index contributed by atoms with van der Waals surface area (Å²) in [6.07, 6.45) is 1.70. The third-order valence-electron chi connectivity index (χ3n) is 4.42. The number of carbonyl (C=O) groups is 1. The number of benzene rings is 1. The summed E-state index contributed by atoms with van der Waals surface area (Å²) >= 11 is 12.2. The molecule has 9 heteroatoms. The van der Waals surface area contributed by atoms with Crippen LogP contribution in [0.5, 0.6) is 0 Å². The first-order chi connectivity index (χ1) is 12.8. The van der Waals surface area contributed by atoms with Crippen molar-refractivity contribution in [3.8, 4) is 0 Å². The molecule has 142 valence electrons. The van der Waals surface area contributed by atoms with Crippen LogP contribution in [0.2, 0.25) is 10.0 Å². The average molecular weight is 410 g/mol. The van der Waals surface area contributed by atoms with Crippen LogP contribution in [0.3, 0.4) is 0 Å². The third kappa shape index (κ3) is 3.85. The first-order valence-corrected chi connectivity index (χ1v) is 8.94. The van der Waals surface area contributed by atoms with E-state index in [0.717, 1.165) is 0 Å². The number of aromatic nitrogens is 1. The summed E-state index contributed by atoms with van der Waals surface area (Å²) < 4.78 is 13.4. The molecule has 1 aliphatic heterocycles. The Hall–Kier alpha value is -2.35. The van der Waals surface area contributed by atoms with E-state index in [1.807, 2.05) is 6.92 Å². The predicted octanol–water partition coefficient (Wildman–Crippen LogP) is 3.31. The maximum atomic E-state index is 13.4. The Morgan fingerprint density at radius 2 is 2.11 bits per heavy atom. The first kappa shape index (κ1) is 19.4. The number of hydrogen-bond acceptors (Lipinski definition) is 5. The number of pyridine rings is 1. The lowest BCUT2D eigenvalue weighted by molar-refractivity contribution is 0.0695. The van der Waals surface area contributed by atoms with Gasteiger partial charge in [-0.25, -0.2) is 15.2 Å². The number of rotatable bonds is 3. The van der Waals surface area contributed by atoms with Gasteiger partial charge in [-0.3, -0.25) is 9.80 Å². The number of nitrogens with two attached hydrogens (primary N) is 2. The zero-order valence-corrected chi connectivity index (χ0v) is 16.0. The molecule has 2 heterocycles. The SMILES string of the molecule is C[C@H]1CC(N(N)c2cc(F)ccn2)=C(N)CN1C(=O)c1cccc(Cl)c1Cl. The van der Waals surface area contributed by atoms with Crippen molar-refractivity contribution >= 4 is 34.9 Å². The number of hydrogen-bond donors (Lipinski definition) is 2. The third-order valence-corrected chi connectivity index (χ3v) is 5.24. The monoisotopic (exact) mass is 409 g/mol. The van der Waals surface area contributed by atoms with Crippen LogP contribution in [0.4, 0.5) is 10.2 Å². The van der Waals surface area contributed by atoms with E-state index in [2.05, 4.69) is 4.98 Å². The average Bonchev–Trinajstić information content (AvgIpc) is 2.64. The van der Waals surface area contributed by atoms with E-state index in [1.165, 1.54) is 23.3 Å². The largest absolute Gasteiger partial charge is 0.399 e. The summed E-state index contributed by atoms with van der Waals surface area (Å²) in [5.41, 5.74) is 7.47. The molecule has 3 rings (SSSR count). The van der Waals surface area contributed by atoms with E-state index < -0.39 is 5.82 Å². The van der Waals surface area contributed by atoms with Gasteiger partial charge < -0.3 is 10.6 Å². The Bertz CT molecular complexity index is 920. The van der Waals surface area contributed by atoms with Crippen LogP contribution in [0, 0.1) is 5.82 Å². The van der Waals surface area contributed by atoms with E-state index in [9.17, 15) is 9.18 Å². The molecular formula is C18H18Cl2FN5O. The molecule has 6 nitrogen and oxygen atoms in total. The molecule has 0 saturated heterocycles. The van der Waals surface area contributed by atoms with Gasteiger partial charge in [0.1, 0.15) is 11.6 Å². The molecule has 0 aliphatic carbocycles. The molecule has 1 aliphatic rings. The van der Waals surface area contributed by atoms with Gasteiger partial charge in [-0.2, -0.15) is 0 Å². The first-order valence-electron chi connectivity index (χ1n) is 8.18. The molecule has 27 heavy (non-hydrogen) atoms. The number of anilines is 1. The topological polar surface area (TPSA) is 88.5 Å². The number of halogens is 3. The zero-order chi connectivity index (χ0) is 19.7. The molecule has 4 N–H and O–H groups in total. The second kappa shape index (κ2) is 7.72. The van der Waals surface area contributed by atoms with Crippen LogP contribution in [-0.4, -0.2) is 28.4 Å². The lowest BCUT2D eigenvalue weighted by Gasteiger charge is -2.37. The van der Waals surface area contributed by atoms with Gasteiger partial charge in [0, 0.05) is 30.4 Å². The highest BCUT2D eigenvalue weighted by atomic mass is 35.5. The Balaban J connectivity index is 1.87. The van der Waals surface area contributed by atoms with E-state index in [-0.39, 0.29) is 29.3 Å². The summed E-state index contributed by atoms with van der Waals surface area (Å²) in [5, 5.41) is 1.76. The Morgan fingerprint density at radius 3 is 2.81 bits per heavy atom. The fourth-order valence-electron chi connectivity index (χ4n) is 2.96. The van der Waals surface area contributed by atoms with Crippen LogP contribution in [-0.2, 0) is 0 Å². The van der Waals surface area contributed by atoms with Crippen LogP contribution in [0.1, 0.15) is 23.7 Å². The standard InChI is InChI=1S/C18H18Cl2FN5O/c1-10-7-15(26(23)16-8-11(21)5-6-24-16)14(22)9-25(10)18(27)12-3-2-4-13(19)17(12)20/h2-6,8,10H,7,9,22-23H2,1H3/t10-/m0/s1. The lowest BCUT2D eigenvalue weighted by atomic mass is 10.0. The normalized spacial score (nSPS) is 17.2. The fraction of sp³-hybridized carbons (Fsp3) is 0.222. The van der Waals surface area contributed by atoms with Gasteiger partial charge >= 0.3 is 0 Å². The summed E-state index contributed by atoms with van der Waals surface area (Å²) in [7, 11) is 0. The van der Waals surface area contributed by atoms with Gasteiger partial charge in [0.2, 0.25) is 0 Å². The van der Waals surface area contributed by atoms with Gasteiger partial charge in [-0.1, -0.05) is 29.3 Å². The quantitative estimate of drug-likeness (QED) is 0.599. The number of hydrazine groups is 1. The molecule has 0 fully saturated rings. The predicted molar refractivity (Wildman–Crippen MR) is 104 cm³/mol. The minimum Gasteiger partial charge on any atom is -0.399 e. The van der Waals surface area contributed by atoms with E-state index in [1.54, 1.807) is 23.1 Å². The van der Waals surface area contributed by atoms with E-state index in [4.69, 9.17) is 34.8 Å². The van der Waals surface area contributed by atoms with E-state index >= 15 is 0 Å². The van der Waals surface area contributed by atoms with Gasteiger partial charge in [-0.15, -0.1) is 0 Å². The number of carbonyl (C=O) groups excluding carboxylic acids is 1. The molecule has 1 amide bonds. The lowest BCUT2D eigenvalue weighted by Crippen LogP contribution is -2.48. The minimum absolute atomic E-state index is 0.154. The van der Waals surface area contributed by atoms with Crippen molar-refractivity contribution in [2.75, 3.05) is 11.6 Å². The van der Waals surface area contributed by atoms with Crippen molar-refractivity contribution < 1.29 is 9.18 Å². The Labute approximate surface area is 166 Å². The van der Waals surface area contributed by atoms with Crippen molar-refractivity contribution in [2.24, 2.45) is 11.6 Å².